The lowest BCUT2D eigenvalue weighted by molar-refractivity contribution is 0.422. The summed E-state index contributed by atoms with van der Waals surface area (Å²) in [5, 5.41) is 0.446. The molecule has 1 heterocycles. The van der Waals surface area contributed by atoms with Crippen molar-refractivity contribution in [1.82, 2.24) is 0 Å². The zero-order chi connectivity index (χ0) is 11.4. The average Bonchev–Trinajstić information content (AvgIpc) is 2.23. The maximum absolute atomic E-state index is 11.2. The normalized spacial score (nSPS) is 10.7. The molecular formula is C9H9Cl3O2S. The van der Waals surface area contributed by atoms with Crippen LogP contribution in [0.25, 0.3) is 0 Å². The van der Waals surface area contributed by atoms with Crippen LogP contribution in [0.2, 0.25) is 15.1 Å². The minimum absolute atomic E-state index is 0.0635. The zero-order valence-electron chi connectivity index (χ0n) is 7.98. The molecule has 0 fully saturated rings. The maximum Gasteiger partial charge on any atom is 0.357 e. The smallest absolute Gasteiger partial charge is 0.357 e. The minimum Gasteiger partial charge on any atom is -0.413 e. The average molecular weight is 288 g/mol. The predicted octanol–water partition coefficient (Wildman–Crippen LogP) is 4.49. The standard InChI is InChI=1S/C9H9Cl3O2S/c1-2-3-4-15-9-7(12)5(10)6(11)8(13)14-9/h2-4H2,1H3. The van der Waals surface area contributed by atoms with Crippen LogP contribution in [0.15, 0.2) is 14.3 Å². The second kappa shape index (κ2) is 6.04. The molecule has 0 aromatic carbocycles. The van der Waals surface area contributed by atoms with Crippen LogP contribution in [0, 0.1) is 0 Å². The van der Waals surface area contributed by atoms with Gasteiger partial charge in [0.05, 0.1) is 5.02 Å². The fourth-order valence-corrected chi connectivity index (χ4v) is 2.53. The van der Waals surface area contributed by atoms with Crippen molar-refractivity contribution in [2.75, 3.05) is 5.75 Å². The molecule has 0 aliphatic heterocycles. The Morgan fingerprint density at radius 2 is 1.87 bits per heavy atom. The van der Waals surface area contributed by atoms with Crippen molar-refractivity contribution in [2.45, 2.75) is 24.9 Å². The van der Waals surface area contributed by atoms with Gasteiger partial charge in [0.25, 0.3) is 0 Å². The van der Waals surface area contributed by atoms with Gasteiger partial charge in [-0.3, -0.25) is 0 Å². The van der Waals surface area contributed by atoms with Crippen molar-refractivity contribution < 1.29 is 4.42 Å². The van der Waals surface area contributed by atoms with Gasteiger partial charge in [-0.15, -0.1) is 0 Å². The van der Waals surface area contributed by atoms with Crippen LogP contribution in [0.5, 0.6) is 0 Å². The van der Waals surface area contributed by atoms with Crippen LogP contribution in [0.4, 0.5) is 0 Å². The third-order valence-corrected chi connectivity index (χ3v) is 4.09. The largest absolute Gasteiger partial charge is 0.413 e. The van der Waals surface area contributed by atoms with Crippen molar-refractivity contribution in [3.05, 3.63) is 25.5 Å². The SMILES string of the molecule is CCCCSc1oc(=O)c(Cl)c(Cl)c1Cl. The van der Waals surface area contributed by atoms with Crippen molar-refractivity contribution in [1.29, 1.82) is 0 Å². The predicted molar refractivity (Wildman–Crippen MR) is 65.6 cm³/mol. The number of unbranched alkanes of at least 4 members (excludes halogenated alkanes) is 1. The summed E-state index contributed by atoms with van der Waals surface area (Å²) in [5.74, 6) is 0.830. The van der Waals surface area contributed by atoms with E-state index in [-0.39, 0.29) is 15.1 Å². The second-order valence-electron chi connectivity index (χ2n) is 2.82. The molecule has 0 aliphatic carbocycles. The summed E-state index contributed by atoms with van der Waals surface area (Å²) in [6.07, 6.45) is 2.08. The highest BCUT2D eigenvalue weighted by Gasteiger charge is 2.15. The molecule has 0 N–H and O–H groups in total. The Kier molecular flexibility index (Phi) is 5.33. The van der Waals surface area contributed by atoms with Gasteiger partial charge in [-0.25, -0.2) is 4.79 Å². The number of thioether (sulfide) groups is 1. The maximum atomic E-state index is 11.2. The molecular weight excluding hydrogens is 279 g/mol. The van der Waals surface area contributed by atoms with Gasteiger partial charge in [0, 0.05) is 5.75 Å². The fourth-order valence-electron chi connectivity index (χ4n) is 0.851. The van der Waals surface area contributed by atoms with Crippen LogP contribution >= 0.6 is 46.6 Å². The third kappa shape index (κ3) is 3.31. The van der Waals surface area contributed by atoms with Gasteiger partial charge in [0.1, 0.15) is 10.0 Å². The minimum atomic E-state index is -0.648. The molecule has 6 heteroatoms. The van der Waals surface area contributed by atoms with Gasteiger partial charge in [0.2, 0.25) is 0 Å². The summed E-state index contributed by atoms with van der Waals surface area (Å²) in [6.45, 7) is 2.08. The molecule has 2 nitrogen and oxygen atoms in total. The monoisotopic (exact) mass is 286 g/mol. The number of halogens is 3. The first-order chi connectivity index (χ1) is 7.07. The zero-order valence-corrected chi connectivity index (χ0v) is 11.1. The molecule has 0 saturated carbocycles. The molecule has 0 unspecified atom stereocenters. The molecule has 0 saturated heterocycles. The van der Waals surface area contributed by atoms with E-state index in [1.165, 1.54) is 11.8 Å². The summed E-state index contributed by atoms with van der Waals surface area (Å²) in [5.41, 5.74) is -0.648. The number of rotatable bonds is 4. The van der Waals surface area contributed by atoms with E-state index in [0.717, 1.165) is 18.6 Å². The van der Waals surface area contributed by atoms with E-state index in [9.17, 15) is 4.79 Å². The van der Waals surface area contributed by atoms with Crippen LogP contribution in [-0.2, 0) is 0 Å². The number of hydrogen-bond acceptors (Lipinski definition) is 3. The van der Waals surface area contributed by atoms with E-state index >= 15 is 0 Å². The molecule has 0 bridgehead atoms. The van der Waals surface area contributed by atoms with Gasteiger partial charge in [-0.2, -0.15) is 0 Å². The molecule has 0 amide bonds. The molecule has 1 aromatic heterocycles. The Bertz CT molecular complexity index is 403. The van der Waals surface area contributed by atoms with Crippen LogP contribution in [0.3, 0.4) is 0 Å². The second-order valence-corrected chi connectivity index (χ2v) is 5.02. The molecule has 84 valence electrons. The van der Waals surface area contributed by atoms with Gasteiger partial charge in [0.15, 0.2) is 5.09 Å². The van der Waals surface area contributed by atoms with E-state index < -0.39 is 5.63 Å². The van der Waals surface area contributed by atoms with Crippen LogP contribution in [-0.4, -0.2) is 5.75 Å². The summed E-state index contributed by atoms with van der Waals surface area (Å²) in [4.78, 5) is 11.2. The van der Waals surface area contributed by atoms with E-state index in [2.05, 4.69) is 6.92 Å². The van der Waals surface area contributed by atoms with Gasteiger partial charge in [-0.05, 0) is 6.42 Å². The Hall–Kier alpha value is 0.170. The molecule has 0 aliphatic rings. The highest BCUT2D eigenvalue weighted by Crippen LogP contribution is 2.35. The Labute approximate surface area is 107 Å². The Morgan fingerprint density at radius 3 is 2.47 bits per heavy atom. The molecule has 15 heavy (non-hydrogen) atoms. The fraction of sp³-hybridized carbons (Fsp3) is 0.444. The lowest BCUT2D eigenvalue weighted by Crippen LogP contribution is -2.01. The van der Waals surface area contributed by atoms with E-state index in [1.54, 1.807) is 0 Å². The first-order valence-corrected chi connectivity index (χ1v) is 6.50. The van der Waals surface area contributed by atoms with E-state index in [0.29, 0.717) is 5.09 Å². The van der Waals surface area contributed by atoms with Crippen molar-refractivity contribution in [3.63, 3.8) is 0 Å². The highest BCUT2D eigenvalue weighted by atomic mass is 35.5. The van der Waals surface area contributed by atoms with Gasteiger partial charge >= 0.3 is 5.63 Å². The molecule has 0 atom stereocenters. The Morgan fingerprint density at radius 1 is 1.20 bits per heavy atom. The summed E-state index contributed by atoms with van der Waals surface area (Å²) < 4.78 is 4.93. The van der Waals surface area contributed by atoms with E-state index in [1.807, 2.05) is 0 Å². The van der Waals surface area contributed by atoms with E-state index in [4.69, 9.17) is 39.2 Å². The number of hydrogen-bond donors (Lipinski definition) is 0. The summed E-state index contributed by atoms with van der Waals surface area (Å²) >= 11 is 18.6. The first-order valence-electron chi connectivity index (χ1n) is 4.38. The molecule has 0 spiro atoms. The van der Waals surface area contributed by atoms with Crippen LogP contribution < -0.4 is 5.63 Å². The van der Waals surface area contributed by atoms with Crippen molar-refractivity contribution >= 4 is 46.6 Å². The van der Waals surface area contributed by atoms with Crippen molar-refractivity contribution in [3.8, 4) is 0 Å². The molecule has 1 aromatic rings. The van der Waals surface area contributed by atoms with Gasteiger partial charge < -0.3 is 4.42 Å². The molecule has 1 rings (SSSR count). The van der Waals surface area contributed by atoms with Crippen LogP contribution in [0.1, 0.15) is 19.8 Å². The lowest BCUT2D eigenvalue weighted by atomic mass is 10.4. The first kappa shape index (κ1) is 13.2. The summed E-state index contributed by atoms with van der Waals surface area (Å²) in [7, 11) is 0. The molecule has 0 radical (unpaired) electrons. The highest BCUT2D eigenvalue weighted by molar-refractivity contribution is 7.99. The quantitative estimate of drug-likeness (QED) is 0.603. The lowest BCUT2D eigenvalue weighted by Gasteiger charge is -2.03. The topological polar surface area (TPSA) is 30.2 Å². The summed E-state index contributed by atoms with van der Waals surface area (Å²) in [6, 6.07) is 0. The van der Waals surface area contributed by atoms with Gasteiger partial charge in [-0.1, -0.05) is 59.9 Å². The Balaban J connectivity index is 2.94. The van der Waals surface area contributed by atoms with Crippen molar-refractivity contribution in [2.24, 2.45) is 0 Å². The third-order valence-electron chi connectivity index (χ3n) is 1.66.